The first-order chi connectivity index (χ1) is 8.90. The molecule has 0 aliphatic carbocycles. The molecule has 110 valence electrons. The van der Waals surface area contributed by atoms with Crippen LogP contribution < -0.4 is 10.6 Å². The fourth-order valence-electron chi connectivity index (χ4n) is 1.24. The van der Waals surface area contributed by atoms with Gasteiger partial charge >= 0.3 is 18.0 Å². The van der Waals surface area contributed by atoms with Crippen molar-refractivity contribution in [2.75, 3.05) is 13.7 Å². The molecule has 0 saturated heterocycles. The lowest BCUT2D eigenvalue weighted by atomic mass is 10.1. The van der Waals surface area contributed by atoms with Gasteiger partial charge in [-0.05, 0) is 12.3 Å². The number of carbonyl (C=O) groups is 3. The van der Waals surface area contributed by atoms with Crippen molar-refractivity contribution < 1.29 is 24.2 Å². The summed E-state index contributed by atoms with van der Waals surface area (Å²) in [4.78, 5) is 33.4. The molecule has 2 atom stereocenters. The van der Waals surface area contributed by atoms with Crippen molar-refractivity contribution >= 4 is 18.0 Å². The van der Waals surface area contributed by atoms with Crippen molar-refractivity contribution in [1.29, 1.82) is 0 Å². The minimum Gasteiger partial charge on any atom is -0.480 e. The number of urea groups is 1. The highest BCUT2D eigenvalue weighted by Crippen LogP contribution is 2.00. The van der Waals surface area contributed by atoms with Crippen molar-refractivity contribution in [2.45, 2.75) is 39.2 Å². The monoisotopic (exact) mass is 274 g/mol. The number of amides is 2. The van der Waals surface area contributed by atoms with Gasteiger partial charge < -0.3 is 20.5 Å². The molecule has 0 aliphatic rings. The van der Waals surface area contributed by atoms with Crippen LogP contribution in [0, 0.1) is 5.92 Å². The maximum absolute atomic E-state index is 11.5. The molecule has 2 amide bonds. The van der Waals surface area contributed by atoms with Gasteiger partial charge in [0.2, 0.25) is 0 Å². The van der Waals surface area contributed by atoms with E-state index in [1.165, 1.54) is 7.11 Å². The topological polar surface area (TPSA) is 105 Å². The molecule has 7 heteroatoms. The van der Waals surface area contributed by atoms with Crippen LogP contribution in [0.25, 0.3) is 0 Å². The quantitative estimate of drug-likeness (QED) is 0.566. The number of carboxylic acids is 1. The Bertz CT molecular complexity index is 319. The predicted octanol–water partition coefficient (Wildman–Crippen LogP) is 0.738. The average molecular weight is 274 g/mol. The zero-order chi connectivity index (χ0) is 14.8. The molecule has 0 aliphatic heterocycles. The minimum absolute atomic E-state index is 0.00123. The summed E-state index contributed by atoms with van der Waals surface area (Å²) in [5.41, 5.74) is 0. The summed E-state index contributed by atoms with van der Waals surface area (Å²) >= 11 is 0. The van der Waals surface area contributed by atoms with Crippen LogP contribution in [-0.2, 0) is 14.3 Å². The Morgan fingerprint density at radius 3 is 2.42 bits per heavy atom. The van der Waals surface area contributed by atoms with Gasteiger partial charge in [-0.1, -0.05) is 20.3 Å². The molecule has 0 saturated carbocycles. The zero-order valence-corrected chi connectivity index (χ0v) is 11.6. The van der Waals surface area contributed by atoms with E-state index in [0.717, 1.165) is 6.42 Å². The molecule has 0 spiro atoms. The number of nitrogens with one attached hydrogen (secondary N) is 2. The molecular formula is C12H22N2O5. The van der Waals surface area contributed by atoms with Crippen LogP contribution in [0.4, 0.5) is 4.79 Å². The molecule has 3 N–H and O–H groups in total. The second kappa shape index (κ2) is 9.18. The number of hydrogen-bond acceptors (Lipinski definition) is 4. The number of carboxylic acid groups (broad SMARTS) is 1. The van der Waals surface area contributed by atoms with E-state index in [2.05, 4.69) is 15.4 Å². The molecule has 0 aromatic heterocycles. The Morgan fingerprint density at radius 1 is 1.32 bits per heavy atom. The van der Waals surface area contributed by atoms with Gasteiger partial charge in [-0.15, -0.1) is 0 Å². The number of carbonyl (C=O) groups excluding carboxylic acids is 2. The van der Waals surface area contributed by atoms with Crippen LogP contribution in [0.5, 0.6) is 0 Å². The SMILES string of the molecule is CCC(C)CNC(=O)N[C@@H](CCC(=O)OC)C(=O)O. The fourth-order valence-corrected chi connectivity index (χ4v) is 1.24. The highest BCUT2D eigenvalue weighted by molar-refractivity contribution is 5.83. The maximum Gasteiger partial charge on any atom is 0.326 e. The van der Waals surface area contributed by atoms with Crippen molar-refractivity contribution in [3.8, 4) is 0 Å². The summed E-state index contributed by atoms with van der Waals surface area (Å²) in [6.07, 6.45) is 0.864. The molecular weight excluding hydrogens is 252 g/mol. The average Bonchev–Trinajstić information content (AvgIpc) is 2.39. The maximum atomic E-state index is 11.5. The molecule has 0 bridgehead atoms. The van der Waals surface area contributed by atoms with Crippen LogP contribution in [0.2, 0.25) is 0 Å². The summed E-state index contributed by atoms with van der Waals surface area (Å²) in [5.74, 6) is -1.36. The van der Waals surface area contributed by atoms with E-state index in [1.807, 2.05) is 13.8 Å². The van der Waals surface area contributed by atoms with E-state index in [0.29, 0.717) is 12.5 Å². The lowest BCUT2D eigenvalue weighted by Gasteiger charge is -2.16. The molecule has 0 aromatic rings. The first-order valence-corrected chi connectivity index (χ1v) is 6.24. The van der Waals surface area contributed by atoms with Crippen LogP contribution in [0.15, 0.2) is 0 Å². The van der Waals surface area contributed by atoms with E-state index in [9.17, 15) is 14.4 Å². The minimum atomic E-state index is -1.18. The van der Waals surface area contributed by atoms with E-state index in [1.54, 1.807) is 0 Å². The molecule has 7 nitrogen and oxygen atoms in total. The van der Waals surface area contributed by atoms with Crippen molar-refractivity contribution in [3.05, 3.63) is 0 Å². The standard InChI is InChI=1S/C12H22N2O5/c1-4-8(2)7-13-12(18)14-9(11(16)17)5-6-10(15)19-3/h8-9H,4-7H2,1-3H3,(H,16,17)(H2,13,14,18)/t8?,9-/m0/s1. The third-order valence-corrected chi connectivity index (χ3v) is 2.78. The molecule has 19 heavy (non-hydrogen) atoms. The Morgan fingerprint density at radius 2 is 1.95 bits per heavy atom. The number of aliphatic carboxylic acids is 1. The van der Waals surface area contributed by atoms with E-state index in [4.69, 9.17) is 5.11 Å². The number of ether oxygens (including phenoxy) is 1. The first kappa shape index (κ1) is 17.2. The summed E-state index contributed by atoms with van der Waals surface area (Å²) in [6.45, 7) is 4.46. The first-order valence-electron chi connectivity index (χ1n) is 6.24. The van der Waals surface area contributed by atoms with Gasteiger partial charge in [0.05, 0.1) is 7.11 Å². The van der Waals surface area contributed by atoms with E-state index < -0.39 is 24.0 Å². The number of esters is 1. The van der Waals surface area contributed by atoms with Gasteiger partial charge in [0.25, 0.3) is 0 Å². The number of rotatable bonds is 8. The Labute approximate surface area is 112 Å². The van der Waals surface area contributed by atoms with Crippen LogP contribution in [0.1, 0.15) is 33.1 Å². The van der Waals surface area contributed by atoms with Gasteiger partial charge in [0, 0.05) is 13.0 Å². The number of methoxy groups -OCH3 is 1. The molecule has 0 aromatic carbocycles. The molecule has 0 rings (SSSR count). The van der Waals surface area contributed by atoms with Crippen molar-refractivity contribution in [3.63, 3.8) is 0 Å². The Balaban J connectivity index is 4.15. The summed E-state index contributed by atoms with van der Waals surface area (Å²) < 4.78 is 4.42. The van der Waals surface area contributed by atoms with Crippen LogP contribution in [0.3, 0.4) is 0 Å². The Kier molecular flexibility index (Phi) is 8.32. The summed E-state index contributed by atoms with van der Waals surface area (Å²) in [6, 6.07) is -1.64. The van der Waals surface area contributed by atoms with E-state index >= 15 is 0 Å². The third kappa shape index (κ3) is 8.01. The second-order valence-electron chi connectivity index (χ2n) is 4.37. The predicted molar refractivity (Wildman–Crippen MR) is 68.7 cm³/mol. The van der Waals surface area contributed by atoms with Gasteiger partial charge in [0.1, 0.15) is 6.04 Å². The third-order valence-electron chi connectivity index (χ3n) is 2.78. The summed E-state index contributed by atoms with van der Waals surface area (Å²) in [7, 11) is 1.23. The highest BCUT2D eigenvalue weighted by atomic mass is 16.5. The molecule has 0 heterocycles. The smallest absolute Gasteiger partial charge is 0.326 e. The van der Waals surface area contributed by atoms with Gasteiger partial charge in [-0.2, -0.15) is 0 Å². The Hall–Kier alpha value is -1.79. The van der Waals surface area contributed by atoms with E-state index in [-0.39, 0.29) is 12.8 Å². The van der Waals surface area contributed by atoms with Gasteiger partial charge in [-0.3, -0.25) is 4.79 Å². The largest absolute Gasteiger partial charge is 0.480 e. The fraction of sp³-hybridized carbons (Fsp3) is 0.750. The lowest BCUT2D eigenvalue weighted by Crippen LogP contribution is -2.47. The van der Waals surface area contributed by atoms with Crippen molar-refractivity contribution in [2.24, 2.45) is 5.92 Å². The normalized spacial score (nSPS) is 13.2. The summed E-state index contributed by atoms with van der Waals surface area (Å²) in [5, 5.41) is 13.8. The number of hydrogen-bond donors (Lipinski definition) is 3. The molecule has 1 unspecified atom stereocenters. The van der Waals surface area contributed by atoms with Gasteiger partial charge in [-0.25, -0.2) is 9.59 Å². The molecule has 0 fully saturated rings. The highest BCUT2D eigenvalue weighted by Gasteiger charge is 2.21. The van der Waals surface area contributed by atoms with Crippen LogP contribution >= 0.6 is 0 Å². The van der Waals surface area contributed by atoms with Crippen molar-refractivity contribution in [1.82, 2.24) is 10.6 Å². The molecule has 0 radical (unpaired) electrons. The van der Waals surface area contributed by atoms with Crippen LogP contribution in [-0.4, -0.2) is 42.8 Å². The zero-order valence-electron chi connectivity index (χ0n) is 11.6. The van der Waals surface area contributed by atoms with Gasteiger partial charge in [0.15, 0.2) is 0 Å². The second-order valence-corrected chi connectivity index (χ2v) is 4.37. The lowest BCUT2D eigenvalue weighted by molar-refractivity contribution is -0.142.